The van der Waals surface area contributed by atoms with Gasteiger partial charge in [0.05, 0.1) is 21.3 Å². The lowest BCUT2D eigenvalue weighted by atomic mass is 10.1. The quantitative estimate of drug-likeness (QED) is 0.373. The van der Waals surface area contributed by atoms with Gasteiger partial charge in [0.1, 0.15) is 11.5 Å². The van der Waals surface area contributed by atoms with Crippen molar-refractivity contribution < 1.29 is 14.0 Å². The van der Waals surface area contributed by atoms with Crippen LogP contribution in [0.4, 0.5) is 5.69 Å². The van der Waals surface area contributed by atoms with E-state index in [-0.39, 0.29) is 10.7 Å². The number of thiocarbonyl (C=S) groups is 1. The van der Waals surface area contributed by atoms with Gasteiger partial charge in [-0.15, -0.1) is 0 Å². The molecule has 6 nitrogen and oxygen atoms in total. The molecule has 30 heavy (non-hydrogen) atoms. The van der Waals surface area contributed by atoms with Crippen LogP contribution in [0.15, 0.2) is 65.1 Å². The van der Waals surface area contributed by atoms with Crippen LogP contribution in [0, 0.1) is 0 Å². The molecule has 0 unspecified atom stereocenters. The van der Waals surface area contributed by atoms with Crippen molar-refractivity contribution in [3.05, 3.63) is 82.0 Å². The Morgan fingerprint density at radius 3 is 2.57 bits per heavy atom. The van der Waals surface area contributed by atoms with E-state index >= 15 is 0 Å². The van der Waals surface area contributed by atoms with Crippen molar-refractivity contribution in [2.75, 3.05) is 5.32 Å². The van der Waals surface area contributed by atoms with Crippen LogP contribution < -0.4 is 16.4 Å². The first-order valence-corrected chi connectivity index (χ1v) is 9.74. The number of nitrogens with two attached hydrogens (primary N) is 1. The third-order valence-corrected chi connectivity index (χ3v) is 4.94. The number of carbonyl (C=O) groups excluding carboxylic acids is 2. The highest BCUT2D eigenvalue weighted by atomic mass is 35.5. The van der Waals surface area contributed by atoms with E-state index < -0.39 is 11.8 Å². The van der Waals surface area contributed by atoms with E-state index in [1.54, 1.807) is 54.6 Å². The largest absolute Gasteiger partial charge is 0.457 e. The predicted molar refractivity (Wildman–Crippen MR) is 123 cm³/mol. The van der Waals surface area contributed by atoms with Crippen LogP contribution >= 0.6 is 35.4 Å². The monoisotopic (exact) mass is 459 g/mol. The van der Waals surface area contributed by atoms with Gasteiger partial charge >= 0.3 is 0 Å². The average molecular weight is 460 g/mol. The van der Waals surface area contributed by atoms with E-state index in [9.17, 15) is 9.59 Å². The maximum absolute atomic E-state index is 12.1. The lowest BCUT2D eigenvalue weighted by Crippen LogP contribution is -2.33. The molecule has 0 saturated heterocycles. The van der Waals surface area contributed by atoms with Crippen LogP contribution in [0.5, 0.6) is 0 Å². The SMILES string of the molecule is NC(=O)c1ccccc1NC(=S)NC(=O)C=Cc1ccc(-c2cccc(Cl)c2Cl)o1. The molecule has 0 aliphatic heterocycles. The Balaban J connectivity index is 1.63. The van der Waals surface area contributed by atoms with E-state index in [0.717, 1.165) is 0 Å². The first-order chi connectivity index (χ1) is 14.3. The van der Waals surface area contributed by atoms with Crippen LogP contribution in [0.25, 0.3) is 17.4 Å². The number of furan rings is 1. The molecule has 2 amide bonds. The molecule has 3 aromatic rings. The van der Waals surface area contributed by atoms with Gasteiger partial charge in [-0.05, 0) is 54.7 Å². The van der Waals surface area contributed by atoms with Crippen LogP contribution in [0.3, 0.4) is 0 Å². The number of hydrogen-bond donors (Lipinski definition) is 3. The summed E-state index contributed by atoms with van der Waals surface area (Å²) in [6.45, 7) is 0. The third kappa shape index (κ3) is 5.27. The lowest BCUT2D eigenvalue weighted by Gasteiger charge is -2.10. The smallest absolute Gasteiger partial charge is 0.250 e. The number of hydrogen-bond acceptors (Lipinski definition) is 4. The summed E-state index contributed by atoms with van der Waals surface area (Å²) < 4.78 is 5.69. The summed E-state index contributed by atoms with van der Waals surface area (Å²) >= 11 is 17.3. The van der Waals surface area contributed by atoms with Crippen molar-refractivity contribution in [3.63, 3.8) is 0 Å². The second-order valence-electron chi connectivity index (χ2n) is 5.99. The molecule has 0 bridgehead atoms. The average Bonchev–Trinajstić information content (AvgIpc) is 3.17. The zero-order chi connectivity index (χ0) is 21.7. The molecule has 0 aliphatic rings. The molecular weight excluding hydrogens is 445 g/mol. The number of amides is 2. The predicted octanol–water partition coefficient (Wildman–Crippen LogP) is 4.88. The highest BCUT2D eigenvalue weighted by Crippen LogP contribution is 2.34. The fraction of sp³-hybridized carbons (Fsp3) is 0. The highest BCUT2D eigenvalue weighted by Gasteiger charge is 2.11. The third-order valence-electron chi connectivity index (χ3n) is 3.92. The van der Waals surface area contributed by atoms with Gasteiger partial charge in [0.15, 0.2) is 5.11 Å². The van der Waals surface area contributed by atoms with Gasteiger partial charge in [0.25, 0.3) is 5.91 Å². The van der Waals surface area contributed by atoms with Gasteiger partial charge < -0.3 is 15.5 Å². The zero-order valence-corrected chi connectivity index (χ0v) is 17.6. The molecule has 9 heteroatoms. The van der Waals surface area contributed by atoms with Crippen molar-refractivity contribution >= 4 is 64.1 Å². The first kappa shape index (κ1) is 21.6. The molecule has 0 saturated carbocycles. The van der Waals surface area contributed by atoms with Crippen molar-refractivity contribution in [2.45, 2.75) is 0 Å². The van der Waals surface area contributed by atoms with Crippen LogP contribution in [0.1, 0.15) is 16.1 Å². The number of primary amides is 1. The fourth-order valence-corrected chi connectivity index (χ4v) is 3.16. The molecule has 0 radical (unpaired) electrons. The summed E-state index contributed by atoms with van der Waals surface area (Å²) in [6, 6.07) is 15.2. The molecule has 0 spiro atoms. The second kappa shape index (κ2) is 9.58. The molecule has 1 heterocycles. The molecule has 3 rings (SSSR count). The Labute approximate surface area is 187 Å². The van der Waals surface area contributed by atoms with Crippen molar-refractivity contribution in [1.29, 1.82) is 0 Å². The van der Waals surface area contributed by atoms with Crippen LogP contribution in [-0.2, 0) is 4.79 Å². The summed E-state index contributed by atoms with van der Waals surface area (Å²) in [5.74, 6) is -0.139. The van der Waals surface area contributed by atoms with Gasteiger partial charge in [-0.3, -0.25) is 14.9 Å². The molecular formula is C21H15Cl2N3O3S. The number of nitrogens with one attached hydrogen (secondary N) is 2. The Kier molecular flexibility index (Phi) is 6.89. The van der Waals surface area contributed by atoms with Crippen LogP contribution in [-0.4, -0.2) is 16.9 Å². The molecule has 2 aromatic carbocycles. The number of para-hydroxylation sites is 1. The summed E-state index contributed by atoms with van der Waals surface area (Å²) in [4.78, 5) is 23.6. The standard InChI is InChI=1S/C21H15Cl2N3O3S/c22-15-6-3-5-14(19(15)23)17-10-8-12(29-17)9-11-18(27)26-21(30)25-16-7-2-1-4-13(16)20(24)28/h1-11H,(H2,24,28)(H2,25,26,27,30). The molecule has 1 aromatic heterocycles. The van der Waals surface area contributed by atoms with Gasteiger partial charge in [0, 0.05) is 11.6 Å². The summed E-state index contributed by atoms with van der Waals surface area (Å²) in [5, 5.41) is 6.07. The maximum Gasteiger partial charge on any atom is 0.250 e. The fourth-order valence-electron chi connectivity index (χ4n) is 2.55. The normalized spacial score (nSPS) is 10.7. The molecule has 0 aliphatic carbocycles. The number of rotatable bonds is 5. The highest BCUT2D eigenvalue weighted by molar-refractivity contribution is 7.80. The number of anilines is 1. The maximum atomic E-state index is 12.1. The molecule has 0 atom stereocenters. The van der Waals surface area contributed by atoms with Crippen molar-refractivity contribution in [1.82, 2.24) is 5.32 Å². The molecule has 4 N–H and O–H groups in total. The minimum atomic E-state index is -0.611. The first-order valence-electron chi connectivity index (χ1n) is 8.58. The van der Waals surface area contributed by atoms with Crippen molar-refractivity contribution in [3.8, 4) is 11.3 Å². The summed E-state index contributed by atoms with van der Waals surface area (Å²) in [7, 11) is 0. The van der Waals surface area contributed by atoms with Gasteiger partial charge in [-0.1, -0.05) is 41.4 Å². The number of benzene rings is 2. The number of carbonyl (C=O) groups is 2. The Morgan fingerprint density at radius 1 is 1.03 bits per heavy atom. The van der Waals surface area contributed by atoms with E-state index in [1.165, 1.54) is 12.2 Å². The van der Waals surface area contributed by atoms with Crippen LogP contribution in [0.2, 0.25) is 10.0 Å². The Bertz CT molecular complexity index is 1160. The molecule has 0 fully saturated rings. The van der Waals surface area contributed by atoms with E-state index in [4.69, 9.17) is 45.6 Å². The van der Waals surface area contributed by atoms with E-state index in [1.807, 2.05) is 0 Å². The number of halogens is 2. The van der Waals surface area contributed by atoms with E-state index in [2.05, 4.69) is 10.6 Å². The van der Waals surface area contributed by atoms with E-state index in [0.29, 0.717) is 32.8 Å². The van der Waals surface area contributed by atoms with Gasteiger partial charge in [-0.2, -0.15) is 0 Å². The zero-order valence-electron chi connectivity index (χ0n) is 15.3. The topological polar surface area (TPSA) is 97.4 Å². The Hall–Kier alpha value is -3.13. The summed E-state index contributed by atoms with van der Waals surface area (Å²) in [5.41, 5.74) is 6.62. The van der Waals surface area contributed by atoms with Crippen molar-refractivity contribution in [2.24, 2.45) is 5.73 Å². The Morgan fingerprint density at radius 2 is 1.80 bits per heavy atom. The second-order valence-corrected chi connectivity index (χ2v) is 7.18. The van der Waals surface area contributed by atoms with Gasteiger partial charge in [-0.25, -0.2) is 0 Å². The van der Waals surface area contributed by atoms with Gasteiger partial charge in [0.2, 0.25) is 5.91 Å². The molecule has 152 valence electrons. The minimum Gasteiger partial charge on any atom is -0.457 e. The minimum absolute atomic E-state index is 0.0178. The summed E-state index contributed by atoms with van der Waals surface area (Å²) in [6.07, 6.45) is 2.74. The lowest BCUT2D eigenvalue weighted by molar-refractivity contribution is -0.115.